The van der Waals surface area contributed by atoms with Crippen LogP contribution in [0.2, 0.25) is 0 Å². The van der Waals surface area contributed by atoms with Crippen LogP contribution in [0.5, 0.6) is 0 Å². The monoisotopic (exact) mass is 189 g/mol. The average molecular weight is 189 g/mol. The smallest absolute Gasteiger partial charge is 0.0349 e. The molecular formula is C13H19N. The normalized spacial score (nSPS) is 20.9. The van der Waals surface area contributed by atoms with E-state index >= 15 is 0 Å². The van der Waals surface area contributed by atoms with Crippen molar-refractivity contribution in [1.29, 1.82) is 0 Å². The van der Waals surface area contributed by atoms with Crippen LogP contribution in [0.4, 0.5) is 5.69 Å². The molecule has 1 aliphatic rings. The summed E-state index contributed by atoms with van der Waals surface area (Å²) in [5.74, 6) is 0.681. The molecule has 0 saturated carbocycles. The largest absolute Gasteiger partial charge is 0.398 e. The summed E-state index contributed by atoms with van der Waals surface area (Å²) >= 11 is 0. The minimum Gasteiger partial charge on any atom is -0.398 e. The maximum absolute atomic E-state index is 5.98. The summed E-state index contributed by atoms with van der Waals surface area (Å²) in [5, 5.41) is 0. The van der Waals surface area contributed by atoms with Crippen LogP contribution >= 0.6 is 0 Å². The van der Waals surface area contributed by atoms with Gasteiger partial charge >= 0.3 is 0 Å². The second-order valence-corrected chi connectivity index (χ2v) is 5.37. The fourth-order valence-corrected chi connectivity index (χ4v) is 2.58. The summed E-state index contributed by atoms with van der Waals surface area (Å²) in [6.07, 6.45) is 2.41. The van der Waals surface area contributed by atoms with Crippen molar-refractivity contribution in [2.24, 2.45) is 5.41 Å². The van der Waals surface area contributed by atoms with Gasteiger partial charge in [0.15, 0.2) is 0 Å². The molecule has 1 nitrogen and oxygen atoms in total. The van der Waals surface area contributed by atoms with E-state index in [2.05, 4.69) is 32.9 Å². The molecular weight excluding hydrogens is 170 g/mol. The summed E-state index contributed by atoms with van der Waals surface area (Å²) in [6, 6.07) is 6.34. The van der Waals surface area contributed by atoms with Gasteiger partial charge in [-0.15, -0.1) is 0 Å². The Labute approximate surface area is 86.3 Å². The molecule has 0 aliphatic heterocycles. The SMILES string of the molecule is CC(C)(C)[C@@H]1CCc2c(N)cccc21. The fourth-order valence-electron chi connectivity index (χ4n) is 2.58. The van der Waals surface area contributed by atoms with Crippen molar-refractivity contribution in [1.82, 2.24) is 0 Å². The Balaban J connectivity index is 2.45. The zero-order valence-corrected chi connectivity index (χ0v) is 9.30. The molecule has 14 heavy (non-hydrogen) atoms. The van der Waals surface area contributed by atoms with E-state index in [0.29, 0.717) is 11.3 Å². The Morgan fingerprint density at radius 2 is 2.00 bits per heavy atom. The van der Waals surface area contributed by atoms with Gasteiger partial charge in [0.1, 0.15) is 0 Å². The van der Waals surface area contributed by atoms with Gasteiger partial charge in [0, 0.05) is 5.69 Å². The van der Waals surface area contributed by atoms with E-state index in [1.165, 1.54) is 17.5 Å². The molecule has 0 radical (unpaired) electrons. The highest BCUT2D eigenvalue weighted by Crippen LogP contribution is 2.46. The predicted molar refractivity (Wildman–Crippen MR) is 61.4 cm³/mol. The molecule has 0 aromatic heterocycles. The summed E-state index contributed by atoms with van der Waals surface area (Å²) < 4.78 is 0. The van der Waals surface area contributed by atoms with Crippen molar-refractivity contribution in [2.45, 2.75) is 39.5 Å². The van der Waals surface area contributed by atoms with Crippen molar-refractivity contribution in [2.75, 3.05) is 5.73 Å². The molecule has 1 heteroatoms. The van der Waals surface area contributed by atoms with Crippen LogP contribution in [0.15, 0.2) is 18.2 Å². The topological polar surface area (TPSA) is 26.0 Å². The third-order valence-electron chi connectivity index (χ3n) is 3.35. The third-order valence-corrected chi connectivity index (χ3v) is 3.35. The fraction of sp³-hybridized carbons (Fsp3) is 0.538. The van der Waals surface area contributed by atoms with Gasteiger partial charge in [0.2, 0.25) is 0 Å². The number of hydrogen-bond acceptors (Lipinski definition) is 1. The lowest BCUT2D eigenvalue weighted by Gasteiger charge is -2.27. The first-order valence-electron chi connectivity index (χ1n) is 5.37. The highest BCUT2D eigenvalue weighted by Gasteiger charge is 2.32. The number of fused-ring (bicyclic) bond motifs is 1. The van der Waals surface area contributed by atoms with Crippen LogP contribution < -0.4 is 5.73 Å². The number of hydrogen-bond donors (Lipinski definition) is 1. The van der Waals surface area contributed by atoms with Crippen LogP contribution in [-0.2, 0) is 6.42 Å². The number of nitrogen functional groups attached to an aromatic ring is 1. The van der Waals surface area contributed by atoms with E-state index in [9.17, 15) is 0 Å². The molecule has 0 fully saturated rings. The van der Waals surface area contributed by atoms with E-state index < -0.39 is 0 Å². The van der Waals surface area contributed by atoms with Gasteiger partial charge in [0.25, 0.3) is 0 Å². The first-order chi connectivity index (χ1) is 6.50. The maximum Gasteiger partial charge on any atom is 0.0349 e. The molecule has 1 atom stereocenters. The standard InChI is InChI=1S/C13H19N/c1-13(2,3)11-8-7-10-9(11)5-4-6-12(10)14/h4-6,11H,7-8,14H2,1-3H3/t11-/m1/s1. The molecule has 0 amide bonds. The lowest BCUT2D eigenvalue weighted by Crippen LogP contribution is -2.15. The highest BCUT2D eigenvalue weighted by molar-refractivity contribution is 5.54. The number of anilines is 1. The quantitative estimate of drug-likeness (QED) is 0.622. The molecule has 1 aliphatic carbocycles. The Morgan fingerprint density at radius 3 is 2.64 bits per heavy atom. The Kier molecular flexibility index (Phi) is 2.06. The first-order valence-corrected chi connectivity index (χ1v) is 5.37. The van der Waals surface area contributed by atoms with Gasteiger partial charge in [-0.3, -0.25) is 0 Å². The summed E-state index contributed by atoms with van der Waals surface area (Å²) in [7, 11) is 0. The number of benzene rings is 1. The van der Waals surface area contributed by atoms with Crippen molar-refractivity contribution in [3.8, 4) is 0 Å². The molecule has 0 spiro atoms. The molecule has 0 heterocycles. The lowest BCUT2D eigenvalue weighted by molar-refractivity contribution is 0.319. The molecule has 1 aromatic rings. The molecule has 1 aromatic carbocycles. The average Bonchev–Trinajstić information content (AvgIpc) is 2.47. The van der Waals surface area contributed by atoms with Gasteiger partial charge in [-0.05, 0) is 41.4 Å². The van der Waals surface area contributed by atoms with Crippen LogP contribution in [0, 0.1) is 5.41 Å². The van der Waals surface area contributed by atoms with Gasteiger partial charge < -0.3 is 5.73 Å². The third kappa shape index (κ3) is 1.41. The second-order valence-electron chi connectivity index (χ2n) is 5.37. The van der Waals surface area contributed by atoms with Crippen LogP contribution in [-0.4, -0.2) is 0 Å². The zero-order chi connectivity index (χ0) is 10.3. The number of rotatable bonds is 0. The molecule has 0 saturated heterocycles. The Morgan fingerprint density at radius 1 is 1.29 bits per heavy atom. The van der Waals surface area contributed by atoms with Gasteiger partial charge in [-0.2, -0.15) is 0 Å². The summed E-state index contributed by atoms with van der Waals surface area (Å²) in [6.45, 7) is 6.95. The van der Waals surface area contributed by atoms with Crippen LogP contribution in [0.25, 0.3) is 0 Å². The van der Waals surface area contributed by atoms with E-state index in [1.807, 2.05) is 6.07 Å². The van der Waals surface area contributed by atoms with E-state index in [1.54, 1.807) is 0 Å². The van der Waals surface area contributed by atoms with Crippen LogP contribution in [0.1, 0.15) is 44.2 Å². The van der Waals surface area contributed by atoms with Crippen LogP contribution in [0.3, 0.4) is 0 Å². The minimum atomic E-state index is 0.360. The number of nitrogens with two attached hydrogens (primary N) is 1. The summed E-state index contributed by atoms with van der Waals surface area (Å²) in [4.78, 5) is 0. The zero-order valence-electron chi connectivity index (χ0n) is 9.30. The van der Waals surface area contributed by atoms with E-state index in [4.69, 9.17) is 5.73 Å². The lowest BCUT2D eigenvalue weighted by atomic mass is 9.77. The first kappa shape index (κ1) is 9.57. The van der Waals surface area contributed by atoms with Gasteiger partial charge in [-0.1, -0.05) is 32.9 Å². The summed E-state index contributed by atoms with van der Waals surface area (Å²) in [5.41, 5.74) is 10.2. The van der Waals surface area contributed by atoms with Crippen molar-refractivity contribution < 1.29 is 0 Å². The Hall–Kier alpha value is -0.980. The van der Waals surface area contributed by atoms with Gasteiger partial charge in [-0.25, -0.2) is 0 Å². The van der Waals surface area contributed by atoms with Crippen molar-refractivity contribution in [3.05, 3.63) is 29.3 Å². The van der Waals surface area contributed by atoms with E-state index in [0.717, 1.165) is 12.1 Å². The molecule has 0 unspecified atom stereocenters. The van der Waals surface area contributed by atoms with Crippen molar-refractivity contribution >= 4 is 5.69 Å². The highest BCUT2D eigenvalue weighted by atomic mass is 14.6. The maximum atomic E-state index is 5.98. The minimum absolute atomic E-state index is 0.360. The van der Waals surface area contributed by atoms with E-state index in [-0.39, 0.29) is 0 Å². The molecule has 2 rings (SSSR count). The second kappa shape index (κ2) is 3.01. The molecule has 2 N–H and O–H groups in total. The predicted octanol–water partition coefficient (Wildman–Crippen LogP) is 3.34. The molecule has 0 bridgehead atoms. The van der Waals surface area contributed by atoms with Crippen molar-refractivity contribution in [3.63, 3.8) is 0 Å². The Bertz CT molecular complexity index is 347. The molecule has 76 valence electrons. The van der Waals surface area contributed by atoms with Gasteiger partial charge in [0.05, 0.1) is 0 Å².